The van der Waals surface area contributed by atoms with Gasteiger partial charge in [-0.05, 0) is 24.7 Å². The summed E-state index contributed by atoms with van der Waals surface area (Å²) in [6, 6.07) is 0. The molecule has 4 nitrogen and oxygen atoms in total. The van der Waals surface area contributed by atoms with Crippen molar-refractivity contribution in [2.75, 3.05) is 17.6 Å². The fraction of sp³-hybridized carbons (Fsp3) is 0.727. The number of aryl methyl sites for hydroxylation is 1. The van der Waals surface area contributed by atoms with Crippen molar-refractivity contribution in [2.24, 2.45) is 12.5 Å². The highest BCUT2D eigenvalue weighted by Gasteiger charge is 2.34. The van der Waals surface area contributed by atoms with Crippen molar-refractivity contribution in [1.82, 2.24) is 9.78 Å². The molecule has 0 radical (unpaired) electrons. The number of rotatable bonds is 4. The molecule has 0 atom stereocenters. The SMILES string of the molecule is CCC1(CNc2nn(C)cc2N)CCC1. The van der Waals surface area contributed by atoms with Crippen LogP contribution in [0.4, 0.5) is 11.5 Å². The molecule has 0 aromatic carbocycles. The van der Waals surface area contributed by atoms with E-state index in [1.807, 2.05) is 13.2 Å². The van der Waals surface area contributed by atoms with Gasteiger partial charge >= 0.3 is 0 Å². The lowest BCUT2D eigenvalue weighted by atomic mass is 9.67. The molecule has 1 heterocycles. The van der Waals surface area contributed by atoms with Gasteiger partial charge in [-0.1, -0.05) is 13.3 Å². The van der Waals surface area contributed by atoms with Gasteiger partial charge in [0.05, 0.1) is 5.69 Å². The van der Waals surface area contributed by atoms with Crippen LogP contribution in [-0.4, -0.2) is 16.3 Å². The second-order valence-electron chi connectivity index (χ2n) is 4.67. The number of nitrogens with zero attached hydrogens (tertiary/aromatic N) is 2. The summed E-state index contributed by atoms with van der Waals surface area (Å²) in [5.74, 6) is 0.831. The molecule has 1 aromatic rings. The molecule has 1 saturated carbocycles. The number of anilines is 2. The van der Waals surface area contributed by atoms with Crippen LogP contribution in [0.5, 0.6) is 0 Å². The summed E-state index contributed by atoms with van der Waals surface area (Å²) in [6.07, 6.45) is 7.12. The first kappa shape index (κ1) is 10.3. The van der Waals surface area contributed by atoms with Crippen LogP contribution in [0.1, 0.15) is 32.6 Å². The molecule has 1 aliphatic rings. The van der Waals surface area contributed by atoms with Gasteiger partial charge in [-0.3, -0.25) is 4.68 Å². The molecule has 0 amide bonds. The predicted octanol–water partition coefficient (Wildman–Crippen LogP) is 1.99. The van der Waals surface area contributed by atoms with Gasteiger partial charge < -0.3 is 11.1 Å². The van der Waals surface area contributed by atoms with Crippen LogP contribution >= 0.6 is 0 Å². The van der Waals surface area contributed by atoms with Gasteiger partial charge in [0.2, 0.25) is 0 Å². The third-order valence-electron chi connectivity index (χ3n) is 3.65. The van der Waals surface area contributed by atoms with E-state index in [-0.39, 0.29) is 0 Å². The van der Waals surface area contributed by atoms with Crippen molar-refractivity contribution in [3.8, 4) is 0 Å². The van der Waals surface area contributed by atoms with Gasteiger partial charge in [0.25, 0.3) is 0 Å². The number of aromatic nitrogens is 2. The molecule has 0 bridgehead atoms. The third-order valence-corrected chi connectivity index (χ3v) is 3.65. The first-order chi connectivity index (χ1) is 7.15. The number of nitrogen functional groups attached to an aromatic ring is 1. The maximum Gasteiger partial charge on any atom is 0.171 e. The highest BCUT2D eigenvalue weighted by molar-refractivity contribution is 5.59. The zero-order chi connectivity index (χ0) is 10.9. The van der Waals surface area contributed by atoms with E-state index in [0.717, 1.165) is 18.1 Å². The Labute approximate surface area is 90.8 Å². The standard InChI is InChI=1S/C11H20N4/c1-3-11(5-4-6-11)8-13-10-9(12)7-15(2)14-10/h7H,3-6,8,12H2,1-2H3,(H,13,14). The monoisotopic (exact) mass is 208 g/mol. The summed E-state index contributed by atoms with van der Waals surface area (Å²) >= 11 is 0. The quantitative estimate of drug-likeness (QED) is 0.795. The number of nitrogens with one attached hydrogen (secondary N) is 1. The average molecular weight is 208 g/mol. The molecule has 0 saturated heterocycles. The second-order valence-corrected chi connectivity index (χ2v) is 4.67. The van der Waals surface area contributed by atoms with E-state index < -0.39 is 0 Å². The van der Waals surface area contributed by atoms with Crippen LogP contribution in [0.3, 0.4) is 0 Å². The zero-order valence-corrected chi connectivity index (χ0v) is 9.58. The summed E-state index contributed by atoms with van der Waals surface area (Å²) < 4.78 is 1.75. The minimum atomic E-state index is 0.504. The van der Waals surface area contributed by atoms with Crippen molar-refractivity contribution in [3.63, 3.8) is 0 Å². The smallest absolute Gasteiger partial charge is 0.171 e. The van der Waals surface area contributed by atoms with Crippen molar-refractivity contribution >= 4 is 11.5 Å². The molecule has 1 aliphatic carbocycles. The molecule has 15 heavy (non-hydrogen) atoms. The molecule has 0 aliphatic heterocycles. The van der Waals surface area contributed by atoms with E-state index in [9.17, 15) is 0 Å². The molecule has 4 heteroatoms. The van der Waals surface area contributed by atoms with Gasteiger partial charge in [0.15, 0.2) is 5.82 Å². The molecule has 0 unspecified atom stereocenters. The summed E-state index contributed by atoms with van der Waals surface area (Å²) in [6.45, 7) is 3.27. The van der Waals surface area contributed by atoms with Gasteiger partial charge in [-0.25, -0.2) is 0 Å². The topological polar surface area (TPSA) is 55.9 Å². The van der Waals surface area contributed by atoms with E-state index in [0.29, 0.717) is 5.41 Å². The van der Waals surface area contributed by atoms with Crippen LogP contribution in [0, 0.1) is 5.41 Å². The van der Waals surface area contributed by atoms with Crippen molar-refractivity contribution in [1.29, 1.82) is 0 Å². The highest BCUT2D eigenvalue weighted by atomic mass is 15.3. The lowest BCUT2D eigenvalue weighted by Gasteiger charge is -2.41. The maximum atomic E-state index is 5.83. The normalized spacial score (nSPS) is 18.5. The Morgan fingerprint density at radius 1 is 1.60 bits per heavy atom. The molecular formula is C11H20N4. The fourth-order valence-electron chi connectivity index (χ4n) is 2.25. The molecule has 0 spiro atoms. The van der Waals surface area contributed by atoms with Crippen LogP contribution in [0.25, 0.3) is 0 Å². The Morgan fingerprint density at radius 3 is 2.73 bits per heavy atom. The molecule has 84 valence electrons. The summed E-state index contributed by atoms with van der Waals surface area (Å²) in [4.78, 5) is 0. The van der Waals surface area contributed by atoms with E-state index in [4.69, 9.17) is 5.73 Å². The fourth-order valence-corrected chi connectivity index (χ4v) is 2.25. The van der Waals surface area contributed by atoms with Crippen LogP contribution in [-0.2, 0) is 7.05 Å². The Kier molecular flexibility index (Phi) is 2.59. The van der Waals surface area contributed by atoms with E-state index in [1.165, 1.54) is 25.7 Å². The van der Waals surface area contributed by atoms with Crippen LogP contribution in [0.15, 0.2) is 6.20 Å². The van der Waals surface area contributed by atoms with Crippen molar-refractivity contribution < 1.29 is 0 Å². The highest BCUT2D eigenvalue weighted by Crippen LogP contribution is 2.43. The van der Waals surface area contributed by atoms with E-state index >= 15 is 0 Å². The minimum Gasteiger partial charge on any atom is -0.394 e. The molecule has 3 N–H and O–H groups in total. The minimum absolute atomic E-state index is 0.504. The van der Waals surface area contributed by atoms with Gasteiger partial charge in [-0.2, -0.15) is 5.10 Å². The molecular weight excluding hydrogens is 188 g/mol. The van der Waals surface area contributed by atoms with Gasteiger partial charge in [-0.15, -0.1) is 0 Å². The van der Waals surface area contributed by atoms with E-state index in [2.05, 4.69) is 17.3 Å². The lowest BCUT2D eigenvalue weighted by Crippen LogP contribution is -2.36. The predicted molar refractivity (Wildman–Crippen MR) is 62.7 cm³/mol. The Hall–Kier alpha value is -1.19. The second kappa shape index (κ2) is 3.76. The number of hydrogen-bond donors (Lipinski definition) is 2. The first-order valence-electron chi connectivity index (χ1n) is 5.68. The van der Waals surface area contributed by atoms with Gasteiger partial charge in [0, 0.05) is 19.8 Å². The van der Waals surface area contributed by atoms with Crippen LogP contribution < -0.4 is 11.1 Å². The maximum absolute atomic E-state index is 5.83. The lowest BCUT2D eigenvalue weighted by molar-refractivity contribution is 0.145. The molecule has 1 aromatic heterocycles. The van der Waals surface area contributed by atoms with Crippen molar-refractivity contribution in [3.05, 3.63) is 6.20 Å². The van der Waals surface area contributed by atoms with Crippen LogP contribution in [0.2, 0.25) is 0 Å². The summed E-state index contributed by atoms with van der Waals surface area (Å²) in [5.41, 5.74) is 7.07. The number of hydrogen-bond acceptors (Lipinski definition) is 3. The van der Waals surface area contributed by atoms with E-state index in [1.54, 1.807) is 4.68 Å². The largest absolute Gasteiger partial charge is 0.394 e. The van der Waals surface area contributed by atoms with Crippen molar-refractivity contribution in [2.45, 2.75) is 32.6 Å². The average Bonchev–Trinajstić information content (AvgIpc) is 2.44. The Morgan fingerprint density at radius 2 is 2.33 bits per heavy atom. The molecule has 1 fully saturated rings. The Balaban J connectivity index is 1.95. The Bertz CT molecular complexity index is 333. The first-order valence-corrected chi connectivity index (χ1v) is 5.68. The third kappa shape index (κ3) is 1.94. The number of nitrogens with two attached hydrogens (primary N) is 1. The molecule has 2 rings (SSSR count). The summed E-state index contributed by atoms with van der Waals surface area (Å²) in [5, 5.41) is 7.66. The zero-order valence-electron chi connectivity index (χ0n) is 9.58. The van der Waals surface area contributed by atoms with Gasteiger partial charge in [0.1, 0.15) is 0 Å². The summed E-state index contributed by atoms with van der Waals surface area (Å²) in [7, 11) is 1.89.